The van der Waals surface area contributed by atoms with Crippen LogP contribution in [0.2, 0.25) is 0 Å². The Morgan fingerprint density at radius 2 is 1.22 bits per heavy atom. The Balaban J connectivity index is 1.36. The Morgan fingerprint density at radius 1 is 0.565 bits per heavy atom. The minimum absolute atomic E-state index is 0.346. The SMILES string of the molecule is [C-]#[N+]c1cc(C#N)cc(-c2ccc(N(c3ccc(-c4ccc([N+]#[C-])c([N+]#[C-])c4)cc3)c3cccc4c3sc3ccccc34)cc2)c1. The fourth-order valence-corrected chi connectivity index (χ4v) is 6.94. The van der Waals surface area contributed by atoms with Gasteiger partial charge >= 0.3 is 0 Å². The molecule has 212 valence electrons. The van der Waals surface area contributed by atoms with Gasteiger partial charge in [-0.05, 0) is 76.9 Å². The summed E-state index contributed by atoms with van der Waals surface area (Å²) in [6, 6.07) is 44.0. The van der Waals surface area contributed by atoms with Gasteiger partial charge in [0.15, 0.2) is 17.1 Å². The zero-order valence-corrected chi connectivity index (χ0v) is 25.1. The second-order valence-electron chi connectivity index (χ2n) is 10.6. The third-order valence-corrected chi connectivity index (χ3v) is 9.14. The molecule has 0 amide bonds. The molecular formula is C40H21N5S. The van der Waals surface area contributed by atoms with E-state index in [1.165, 1.54) is 20.2 Å². The number of thiophene rings is 1. The Hall–Kier alpha value is -6.70. The van der Waals surface area contributed by atoms with Crippen molar-refractivity contribution in [3.63, 3.8) is 0 Å². The lowest BCUT2D eigenvalue weighted by Gasteiger charge is -2.26. The Kier molecular flexibility index (Phi) is 7.18. The molecule has 0 atom stereocenters. The average Bonchev–Trinajstić information content (AvgIpc) is 3.51. The molecule has 0 aliphatic rings. The van der Waals surface area contributed by atoms with Crippen LogP contribution in [0.1, 0.15) is 5.56 Å². The van der Waals surface area contributed by atoms with Gasteiger partial charge in [-0.1, -0.05) is 72.8 Å². The summed E-state index contributed by atoms with van der Waals surface area (Å²) in [7, 11) is 0. The van der Waals surface area contributed by atoms with Crippen LogP contribution in [-0.4, -0.2) is 0 Å². The van der Waals surface area contributed by atoms with Crippen LogP contribution in [0.3, 0.4) is 0 Å². The van der Waals surface area contributed by atoms with E-state index in [9.17, 15) is 5.26 Å². The maximum absolute atomic E-state index is 9.50. The van der Waals surface area contributed by atoms with Gasteiger partial charge in [-0.2, -0.15) is 5.26 Å². The van der Waals surface area contributed by atoms with E-state index in [1.54, 1.807) is 35.6 Å². The summed E-state index contributed by atoms with van der Waals surface area (Å²) in [5, 5.41) is 11.9. The predicted octanol–water partition coefficient (Wildman–Crippen LogP) is 12.4. The van der Waals surface area contributed by atoms with Crippen molar-refractivity contribution in [2.24, 2.45) is 0 Å². The van der Waals surface area contributed by atoms with E-state index in [0.717, 1.165) is 39.3 Å². The molecule has 6 aromatic carbocycles. The van der Waals surface area contributed by atoms with Crippen molar-refractivity contribution in [3.05, 3.63) is 167 Å². The quantitative estimate of drug-likeness (QED) is 0.184. The highest BCUT2D eigenvalue weighted by Crippen LogP contribution is 2.45. The summed E-state index contributed by atoms with van der Waals surface area (Å²) in [4.78, 5) is 12.8. The first-order valence-electron chi connectivity index (χ1n) is 14.3. The molecule has 46 heavy (non-hydrogen) atoms. The molecule has 0 aliphatic heterocycles. The van der Waals surface area contributed by atoms with Crippen LogP contribution in [0.25, 0.3) is 57.0 Å². The molecule has 7 aromatic rings. The minimum atomic E-state index is 0.346. The normalized spacial score (nSPS) is 10.5. The summed E-state index contributed by atoms with van der Waals surface area (Å²) in [6.07, 6.45) is 0. The number of nitrogens with zero attached hydrogens (tertiary/aromatic N) is 5. The van der Waals surface area contributed by atoms with Gasteiger partial charge in [0.2, 0.25) is 0 Å². The van der Waals surface area contributed by atoms with E-state index in [2.05, 4.69) is 92.2 Å². The van der Waals surface area contributed by atoms with Gasteiger partial charge in [0, 0.05) is 32.4 Å². The van der Waals surface area contributed by atoms with Gasteiger partial charge in [-0.15, -0.1) is 11.3 Å². The maximum atomic E-state index is 9.50. The van der Waals surface area contributed by atoms with Crippen LogP contribution in [0.4, 0.5) is 34.1 Å². The van der Waals surface area contributed by atoms with Gasteiger partial charge in [-0.3, -0.25) is 9.69 Å². The Bertz CT molecular complexity index is 2430. The molecule has 0 saturated carbocycles. The molecule has 0 bridgehead atoms. The van der Waals surface area contributed by atoms with Gasteiger partial charge in [0.05, 0.1) is 36.2 Å². The van der Waals surface area contributed by atoms with Crippen molar-refractivity contribution < 1.29 is 0 Å². The molecule has 1 heterocycles. The highest BCUT2D eigenvalue weighted by molar-refractivity contribution is 7.26. The van der Waals surface area contributed by atoms with Crippen LogP contribution < -0.4 is 4.90 Å². The summed E-state index contributed by atoms with van der Waals surface area (Å²) < 4.78 is 2.40. The van der Waals surface area contributed by atoms with Crippen molar-refractivity contribution in [1.82, 2.24) is 0 Å². The number of benzene rings is 6. The van der Waals surface area contributed by atoms with E-state index < -0.39 is 0 Å². The standard InChI is InChI=1S/C40H21N5S/c1-42-31-22-26(25-41)21-30(23-31)28-13-18-33(19-14-28)45(38-9-6-8-35-34-7-4-5-10-39(34)46-40(35)38)32-16-11-27(12-17-32)29-15-20-36(43-2)37(24-29)44-3/h4-24H. The molecule has 0 spiro atoms. The first-order valence-corrected chi connectivity index (χ1v) is 15.1. The van der Waals surface area contributed by atoms with Crippen LogP contribution in [0, 0.1) is 31.0 Å². The van der Waals surface area contributed by atoms with Crippen molar-refractivity contribution in [2.75, 3.05) is 4.90 Å². The smallest absolute Gasteiger partial charge is 0.195 e. The molecule has 0 aliphatic carbocycles. The minimum Gasteiger partial charge on any atom is -0.309 e. The van der Waals surface area contributed by atoms with E-state index in [4.69, 9.17) is 19.7 Å². The monoisotopic (exact) mass is 603 g/mol. The predicted molar refractivity (Wildman–Crippen MR) is 188 cm³/mol. The summed E-state index contributed by atoms with van der Waals surface area (Å²) in [5.41, 5.74) is 8.14. The van der Waals surface area contributed by atoms with Gasteiger partial charge in [0.1, 0.15) is 0 Å². The van der Waals surface area contributed by atoms with Crippen molar-refractivity contribution in [3.8, 4) is 28.3 Å². The van der Waals surface area contributed by atoms with E-state index in [1.807, 2.05) is 36.4 Å². The van der Waals surface area contributed by atoms with Gasteiger partial charge in [-0.25, -0.2) is 4.85 Å². The van der Waals surface area contributed by atoms with E-state index in [-0.39, 0.29) is 0 Å². The van der Waals surface area contributed by atoms with Crippen LogP contribution in [0.15, 0.2) is 127 Å². The summed E-state index contributed by atoms with van der Waals surface area (Å²) >= 11 is 1.77. The molecule has 7 rings (SSSR count). The average molecular weight is 604 g/mol. The fourth-order valence-electron chi connectivity index (χ4n) is 5.74. The highest BCUT2D eigenvalue weighted by atomic mass is 32.1. The molecule has 6 heteroatoms. The first kappa shape index (κ1) is 28.1. The zero-order valence-electron chi connectivity index (χ0n) is 24.3. The summed E-state index contributed by atoms with van der Waals surface area (Å²) in [5.74, 6) is 0. The van der Waals surface area contributed by atoms with E-state index >= 15 is 0 Å². The topological polar surface area (TPSA) is 40.1 Å². The summed E-state index contributed by atoms with van der Waals surface area (Å²) in [6.45, 7) is 22.3. The Labute approximate surface area is 270 Å². The van der Waals surface area contributed by atoms with Crippen molar-refractivity contribution >= 4 is 65.6 Å². The lowest BCUT2D eigenvalue weighted by atomic mass is 10.0. The van der Waals surface area contributed by atoms with Crippen LogP contribution in [-0.2, 0) is 0 Å². The second kappa shape index (κ2) is 11.8. The molecule has 5 nitrogen and oxygen atoms in total. The maximum Gasteiger partial charge on any atom is 0.195 e. The highest BCUT2D eigenvalue weighted by Gasteiger charge is 2.18. The number of hydrogen-bond acceptors (Lipinski definition) is 3. The number of anilines is 3. The Morgan fingerprint density at radius 3 is 1.89 bits per heavy atom. The lowest BCUT2D eigenvalue weighted by Crippen LogP contribution is -2.10. The van der Waals surface area contributed by atoms with Crippen LogP contribution in [0.5, 0.6) is 0 Å². The number of fused-ring (bicyclic) bond motifs is 3. The number of nitriles is 1. The van der Waals surface area contributed by atoms with E-state index in [0.29, 0.717) is 22.6 Å². The zero-order chi connectivity index (χ0) is 31.6. The van der Waals surface area contributed by atoms with Crippen molar-refractivity contribution in [2.45, 2.75) is 0 Å². The second-order valence-corrected chi connectivity index (χ2v) is 11.7. The molecule has 0 saturated heterocycles. The molecule has 1 aromatic heterocycles. The molecule has 0 N–H and O–H groups in total. The molecule has 0 fully saturated rings. The number of hydrogen-bond donors (Lipinski definition) is 0. The van der Waals surface area contributed by atoms with Gasteiger partial charge in [0.25, 0.3) is 0 Å². The molecule has 0 radical (unpaired) electrons. The third kappa shape index (κ3) is 4.98. The number of rotatable bonds is 5. The molecular weight excluding hydrogens is 583 g/mol. The third-order valence-electron chi connectivity index (χ3n) is 7.93. The lowest BCUT2D eigenvalue weighted by molar-refractivity contribution is 1.30. The fraction of sp³-hybridized carbons (Fsp3) is 0. The van der Waals surface area contributed by atoms with Crippen molar-refractivity contribution in [1.29, 1.82) is 5.26 Å². The first-order chi connectivity index (χ1) is 22.6. The largest absolute Gasteiger partial charge is 0.309 e. The van der Waals surface area contributed by atoms with Crippen LogP contribution >= 0.6 is 11.3 Å². The molecule has 0 unspecified atom stereocenters. The van der Waals surface area contributed by atoms with Gasteiger partial charge < -0.3 is 4.90 Å².